The fraction of sp³-hybridized carbons (Fsp3) is 0.200. The zero-order chi connectivity index (χ0) is 13.0. The Morgan fingerprint density at radius 3 is 2.29 bits per heavy atom. The van der Waals surface area contributed by atoms with E-state index in [-0.39, 0.29) is 22.9 Å². The molecule has 0 aliphatic heterocycles. The van der Waals surface area contributed by atoms with Crippen LogP contribution in [0.4, 0.5) is 10.2 Å². The predicted octanol–water partition coefficient (Wildman–Crippen LogP) is 0.285. The molecule has 0 saturated heterocycles. The van der Waals surface area contributed by atoms with E-state index in [9.17, 15) is 19.2 Å². The molecule has 1 aromatic heterocycles. The topological polar surface area (TPSA) is 92.3 Å². The number of anilines is 2. The summed E-state index contributed by atoms with van der Waals surface area (Å²) < 4.78 is 0.760. The number of rotatable bonds is 5. The van der Waals surface area contributed by atoms with Crippen LogP contribution in [0.1, 0.15) is 33.4 Å². The summed E-state index contributed by atoms with van der Waals surface area (Å²) in [4.78, 5) is 43.8. The van der Waals surface area contributed by atoms with Crippen molar-refractivity contribution in [3.05, 3.63) is 10.0 Å². The van der Waals surface area contributed by atoms with Gasteiger partial charge in [-0.2, -0.15) is 0 Å². The first-order valence-corrected chi connectivity index (χ1v) is 6.33. The summed E-state index contributed by atoms with van der Waals surface area (Å²) in [6, 6.07) is 0. The molecule has 0 saturated carbocycles. The zero-order valence-electron chi connectivity index (χ0n) is 9.20. The van der Waals surface area contributed by atoms with Crippen LogP contribution in [0.15, 0.2) is 0 Å². The Balaban J connectivity index is 3.38. The van der Waals surface area contributed by atoms with Crippen LogP contribution < -0.4 is 10.6 Å². The van der Waals surface area contributed by atoms with E-state index < -0.39 is 14.5 Å². The Kier molecular flexibility index (Phi) is 4.37. The molecular weight excluding hydrogens is 291 g/mol. The van der Waals surface area contributed by atoms with E-state index in [1.165, 1.54) is 13.8 Å². The zero-order valence-corrected chi connectivity index (χ0v) is 10.9. The molecule has 0 bridgehead atoms. The van der Waals surface area contributed by atoms with Crippen molar-refractivity contribution in [3.63, 3.8) is 0 Å². The predicted molar refractivity (Wildman–Crippen MR) is 62.8 cm³/mol. The van der Waals surface area contributed by atoms with E-state index >= 15 is 0 Å². The van der Waals surface area contributed by atoms with Crippen LogP contribution in [-0.4, -0.2) is 38.9 Å². The van der Waals surface area contributed by atoms with E-state index in [1.807, 2.05) is 0 Å². The third kappa shape index (κ3) is 2.89. The number of Topliss-reactive ketones (excluding diaryl/α,β-unsaturated/α-hetero) is 1. The van der Waals surface area contributed by atoms with Crippen molar-refractivity contribution in [1.82, 2.24) is 0 Å². The van der Waals surface area contributed by atoms with Crippen molar-refractivity contribution >= 4 is 49.1 Å². The van der Waals surface area contributed by atoms with Gasteiger partial charge in [0.1, 0.15) is 0 Å². The molecule has 1 aromatic rings. The number of aldehydes is 1. The van der Waals surface area contributed by atoms with Crippen LogP contribution in [0.3, 0.4) is 0 Å². The van der Waals surface area contributed by atoms with E-state index in [0.717, 1.165) is 0 Å². The minimum atomic E-state index is -0.471. The van der Waals surface area contributed by atoms with E-state index in [0.29, 0.717) is 21.7 Å². The van der Waals surface area contributed by atoms with Gasteiger partial charge in [-0.25, -0.2) is 0 Å². The van der Waals surface area contributed by atoms with Crippen molar-refractivity contribution in [3.8, 4) is 0 Å². The van der Waals surface area contributed by atoms with Gasteiger partial charge in [0.15, 0.2) is 0 Å². The summed E-state index contributed by atoms with van der Waals surface area (Å²) in [7, 11) is 0. The molecule has 90 valence electrons. The summed E-state index contributed by atoms with van der Waals surface area (Å²) in [6.45, 7) is 2.64. The van der Waals surface area contributed by atoms with Crippen LogP contribution in [0, 0.1) is 0 Å². The quantitative estimate of drug-likeness (QED) is 0.464. The molecule has 2 amide bonds. The molecular formula is C10H10N2O4Se. The summed E-state index contributed by atoms with van der Waals surface area (Å²) in [5.74, 6) is -0.600. The number of carbonyl (C=O) groups excluding carboxylic acids is 4. The number of amides is 2. The van der Waals surface area contributed by atoms with Gasteiger partial charge in [0.25, 0.3) is 0 Å². The van der Waals surface area contributed by atoms with Gasteiger partial charge in [0.2, 0.25) is 0 Å². The number of hydrogen-bond acceptors (Lipinski definition) is 4. The Labute approximate surface area is 103 Å². The summed E-state index contributed by atoms with van der Waals surface area (Å²) in [5.41, 5.74) is 0.377. The molecule has 17 heavy (non-hydrogen) atoms. The van der Waals surface area contributed by atoms with Crippen molar-refractivity contribution in [2.75, 3.05) is 10.6 Å². The maximum absolute atomic E-state index is 11.4. The number of hydrogen-bond donors (Lipinski definition) is 2. The average molecular weight is 301 g/mol. The van der Waals surface area contributed by atoms with Gasteiger partial charge >= 0.3 is 103 Å². The second-order valence-corrected chi connectivity index (χ2v) is 5.31. The van der Waals surface area contributed by atoms with E-state index in [1.54, 1.807) is 0 Å². The molecule has 1 heterocycles. The van der Waals surface area contributed by atoms with Crippen LogP contribution in [0.25, 0.3) is 0 Å². The molecule has 0 aliphatic rings. The van der Waals surface area contributed by atoms with Crippen LogP contribution in [-0.2, 0) is 9.59 Å². The number of ketones is 1. The van der Waals surface area contributed by atoms with Gasteiger partial charge < -0.3 is 0 Å². The summed E-state index contributed by atoms with van der Waals surface area (Å²) in [6.07, 6.45) is 0.962. The Hall–Kier alpha value is -1.72. The van der Waals surface area contributed by atoms with Gasteiger partial charge in [0.05, 0.1) is 0 Å². The Morgan fingerprint density at radius 2 is 1.88 bits per heavy atom. The minimum absolute atomic E-state index is 0.164. The SMILES string of the molecule is CC(=O)Nc1c(C(C)=O)[se]c(NC=O)c1C=O. The third-order valence-corrected chi connectivity index (χ3v) is 4.47. The monoisotopic (exact) mass is 302 g/mol. The van der Waals surface area contributed by atoms with Crippen LogP contribution in [0.2, 0.25) is 0 Å². The van der Waals surface area contributed by atoms with Gasteiger partial charge in [-0.1, -0.05) is 0 Å². The first kappa shape index (κ1) is 13.3. The van der Waals surface area contributed by atoms with Gasteiger partial charge in [-0.05, 0) is 0 Å². The first-order chi connectivity index (χ1) is 8.01. The molecule has 0 radical (unpaired) electrons. The molecule has 0 fully saturated rings. The molecule has 0 aliphatic carbocycles. The Bertz CT molecular complexity index is 493. The standard InChI is InChI=1S/C10H10N2O4Se/c1-5(15)9-8(12-6(2)16)7(3-13)10(17-9)11-4-14/h3-4H,1-2H3,(H,11,14)(H,12,16). The van der Waals surface area contributed by atoms with Crippen molar-refractivity contribution < 1.29 is 19.2 Å². The summed E-state index contributed by atoms with van der Waals surface area (Å²) >= 11 is -0.471. The molecule has 0 atom stereocenters. The number of nitrogens with one attached hydrogen (secondary N) is 2. The molecule has 0 unspecified atom stereocenters. The van der Waals surface area contributed by atoms with Crippen molar-refractivity contribution in [2.24, 2.45) is 0 Å². The molecule has 6 nitrogen and oxygen atoms in total. The molecule has 1 rings (SSSR count). The molecule has 7 heteroatoms. The van der Waals surface area contributed by atoms with Crippen LogP contribution >= 0.6 is 0 Å². The fourth-order valence-corrected chi connectivity index (χ4v) is 3.32. The van der Waals surface area contributed by atoms with Gasteiger partial charge in [-0.15, -0.1) is 0 Å². The van der Waals surface area contributed by atoms with E-state index in [4.69, 9.17) is 0 Å². The summed E-state index contributed by atoms with van der Waals surface area (Å²) in [5, 5.41) is 4.84. The average Bonchev–Trinajstić information content (AvgIpc) is 2.56. The second-order valence-electron chi connectivity index (χ2n) is 3.17. The Morgan fingerprint density at radius 1 is 1.24 bits per heavy atom. The first-order valence-electron chi connectivity index (χ1n) is 4.62. The van der Waals surface area contributed by atoms with Crippen molar-refractivity contribution in [2.45, 2.75) is 13.8 Å². The second kappa shape index (κ2) is 5.56. The third-order valence-electron chi connectivity index (χ3n) is 1.87. The van der Waals surface area contributed by atoms with Crippen molar-refractivity contribution in [1.29, 1.82) is 0 Å². The normalized spacial score (nSPS) is 9.53. The maximum atomic E-state index is 11.4. The fourth-order valence-electron chi connectivity index (χ4n) is 1.27. The van der Waals surface area contributed by atoms with Gasteiger partial charge in [0, 0.05) is 0 Å². The van der Waals surface area contributed by atoms with Crippen LogP contribution in [0.5, 0.6) is 0 Å². The molecule has 0 aromatic carbocycles. The molecule has 0 spiro atoms. The molecule has 2 N–H and O–H groups in total. The van der Waals surface area contributed by atoms with E-state index in [2.05, 4.69) is 10.6 Å². The van der Waals surface area contributed by atoms with Gasteiger partial charge in [-0.3, -0.25) is 0 Å². The number of carbonyl (C=O) groups is 4.